The van der Waals surface area contributed by atoms with E-state index in [9.17, 15) is 0 Å². The van der Waals surface area contributed by atoms with Crippen LogP contribution < -0.4 is 18.9 Å². The van der Waals surface area contributed by atoms with Crippen molar-refractivity contribution in [2.24, 2.45) is 10.8 Å². The van der Waals surface area contributed by atoms with Gasteiger partial charge in [-0.25, -0.2) is 4.90 Å². The van der Waals surface area contributed by atoms with E-state index in [4.69, 9.17) is 23.7 Å². The average Bonchev–Trinajstić information content (AvgIpc) is 3.70. The third kappa shape index (κ3) is 5.06. The Hall–Kier alpha value is -4.78. The van der Waals surface area contributed by atoms with E-state index in [1.807, 2.05) is 12.1 Å². The van der Waals surface area contributed by atoms with Crippen LogP contribution in [0, 0.1) is 17.8 Å². The largest absolute Gasteiger partial charge is 0.497 e. The van der Waals surface area contributed by atoms with Crippen molar-refractivity contribution in [1.29, 1.82) is 0 Å². The molecule has 5 aromatic rings. The molecular weight excluding hydrogens is 671 g/mol. The van der Waals surface area contributed by atoms with Gasteiger partial charge in [-0.05, 0) is 95.0 Å². The molecule has 1 saturated heterocycles. The molecule has 2 unspecified atom stereocenters. The van der Waals surface area contributed by atoms with Crippen LogP contribution in [-0.2, 0) is 15.8 Å². The van der Waals surface area contributed by atoms with Crippen molar-refractivity contribution in [1.82, 2.24) is 4.90 Å². The van der Waals surface area contributed by atoms with Gasteiger partial charge in [0.25, 0.3) is 0 Å². The Bertz CT molecular complexity index is 2320. The standard InChI is InChI=1S/C48H49NO5/c1-30-11-13-31(14-12-30)48(32-15-17-33(50-6)18-16-32)20-19-35-42-41(34-9-7-8-10-38(34)47(42)28-45(2,3)27-46(4,5)29-47)36-25-39-40(26-37(36)43(35)54-48)53-44(52-39)49-21-23-51-24-22-49/h7-20,25-26,44H,21-24,27-29H2,1-6H3. The van der Waals surface area contributed by atoms with E-state index in [2.05, 4.69) is 124 Å². The number of benzene rings is 5. The summed E-state index contributed by atoms with van der Waals surface area (Å²) in [5, 5.41) is 2.17. The Morgan fingerprint density at radius 1 is 0.741 bits per heavy atom. The lowest BCUT2D eigenvalue weighted by molar-refractivity contribution is -0.121. The summed E-state index contributed by atoms with van der Waals surface area (Å²) in [7, 11) is 1.71. The van der Waals surface area contributed by atoms with E-state index < -0.39 is 12.0 Å². The monoisotopic (exact) mass is 719 g/mol. The summed E-state index contributed by atoms with van der Waals surface area (Å²) < 4.78 is 32.3. The highest BCUT2D eigenvalue weighted by atomic mass is 16.7. The first-order valence-corrected chi connectivity index (χ1v) is 19.5. The lowest BCUT2D eigenvalue weighted by Gasteiger charge is -2.52. The number of fused-ring (bicyclic) bond motifs is 11. The first-order valence-electron chi connectivity index (χ1n) is 19.5. The van der Waals surface area contributed by atoms with Crippen molar-refractivity contribution < 1.29 is 23.7 Å². The van der Waals surface area contributed by atoms with Crippen molar-refractivity contribution in [3.63, 3.8) is 0 Å². The van der Waals surface area contributed by atoms with Gasteiger partial charge in [-0.3, -0.25) is 0 Å². The summed E-state index contributed by atoms with van der Waals surface area (Å²) in [5.41, 5.74) is 9.10. The Morgan fingerprint density at radius 2 is 1.37 bits per heavy atom. The fraction of sp³-hybridized carbons (Fsp3) is 0.375. The number of ether oxygens (including phenoxy) is 5. The fourth-order valence-electron chi connectivity index (χ4n) is 11.1. The van der Waals surface area contributed by atoms with E-state index in [1.165, 1.54) is 39.8 Å². The second-order valence-corrected chi connectivity index (χ2v) is 17.8. The van der Waals surface area contributed by atoms with Crippen LogP contribution in [0.15, 0.2) is 91.0 Å². The highest BCUT2D eigenvalue weighted by Crippen LogP contribution is 2.67. The van der Waals surface area contributed by atoms with Gasteiger partial charge in [-0.1, -0.05) is 100.0 Å². The van der Waals surface area contributed by atoms with Crippen molar-refractivity contribution in [3.8, 4) is 34.1 Å². The van der Waals surface area contributed by atoms with E-state index in [0.29, 0.717) is 13.2 Å². The predicted molar refractivity (Wildman–Crippen MR) is 214 cm³/mol. The maximum Gasteiger partial charge on any atom is 0.305 e. The molecule has 3 aliphatic heterocycles. The Morgan fingerprint density at radius 3 is 2.04 bits per heavy atom. The second kappa shape index (κ2) is 11.9. The fourth-order valence-corrected chi connectivity index (χ4v) is 11.1. The number of morpholine rings is 1. The highest BCUT2D eigenvalue weighted by molar-refractivity contribution is 6.09. The maximum absolute atomic E-state index is 7.73. The number of aryl methyl sites for hydroxylation is 1. The molecule has 5 aliphatic rings. The molecule has 3 heterocycles. The summed E-state index contributed by atoms with van der Waals surface area (Å²) in [5.74, 6) is 3.21. The molecule has 5 aromatic carbocycles. The molecule has 2 atom stereocenters. The van der Waals surface area contributed by atoms with Crippen molar-refractivity contribution in [2.45, 2.75) is 71.3 Å². The average molecular weight is 720 g/mol. The smallest absolute Gasteiger partial charge is 0.305 e. The van der Waals surface area contributed by atoms with Gasteiger partial charge in [0, 0.05) is 40.6 Å². The van der Waals surface area contributed by atoms with Crippen LogP contribution in [0.3, 0.4) is 0 Å². The van der Waals surface area contributed by atoms with Crippen molar-refractivity contribution in [3.05, 3.63) is 124 Å². The van der Waals surface area contributed by atoms with E-state index >= 15 is 0 Å². The zero-order valence-electron chi connectivity index (χ0n) is 32.3. The topological polar surface area (TPSA) is 49.4 Å². The van der Waals surface area contributed by atoms with Crippen LogP contribution in [0.4, 0.5) is 0 Å². The van der Waals surface area contributed by atoms with E-state index in [-0.39, 0.29) is 16.2 Å². The Balaban J connectivity index is 1.26. The van der Waals surface area contributed by atoms with Gasteiger partial charge in [-0.2, -0.15) is 0 Å². The quantitative estimate of drug-likeness (QED) is 0.184. The minimum absolute atomic E-state index is 0.132. The minimum atomic E-state index is -0.884. The van der Waals surface area contributed by atoms with E-state index in [0.717, 1.165) is 70.8 Å². The predicted octanol–water partition coefficient (Wildman–Crippen LogP) is 10.4. The summed E-state index contributed by atoms with van der Waals surface area (Å²) in [4.78, 5) is 2.22. The lowest BCUT2D eigenvalue weighted by atomic mass is 9.52. The molecule has 10 rings (SSSR count). The van der Waals surface area contributed by atoms with Crippen molar-refractivity contribution in [2.75, 3.05) is 33.4 Å². The Kier molecular flexibility index (Phi) is 7.41. The molecule has 54 heavy (non-hydrogen) atoms. The van der Waals surface area contributed by atoms with Gasteiger partial charge in [0.2, 0.25) is 0 Å². The molecule has 0 radical (unpaired) electrons. The third-order valence-electron chi connectivity index (χ3n) is 12.6. The van der Waals surface area contributed by atoms with Gasteiger partial charge in [-0.15, -0.1) is 0 Å². The molecule has 1 spiro atoms. The minimum Gasteiger partial charge on any atom is -0.497 e. The molecule has 0 amide bonds. The molecule has 6 heteroatoms. The molecule has 2 fully saturated rings. The van der Waals surface area contributed by atoms with E-state index in [1.54, 1.807) is 7.11 Å². The van der Waals surface area contributed by atoms with Crippen LogP contribution in [0.25, 0.3) is 28.0 Å². The second-order valence-electron chi connectivity index (χ2n) is 17.8. The van der Waals surface area contributed by atoms with Gasteiger partial charge in [0.1, 0.15) is 11.5 Å². The molecule has 6 nitrogen and oxygen atoms in total. The molecule has 0 N–H and O–H groups in total. The first kappa shape index (κ1) is 33.8. The van der Waals surface area contributed by atoms with Crippen LogP contribution >= 0.6 is 0 Å². The summed E-state index contributed by atoms with van der Waals surface area (Å²) in [6, 6.07) is 30.7. The molecule has 276 valence electrons. The first-order chi connectivity index (χ1) is 26.0. The molecule has 2 aliphatic carbocycles. The zero-order chi connectivity index (χ0) is 37.0. The number of methoxy groups -OCH3 is 1. The zero-order valence-corrected chi connectivity index (χ0v) is 32.3. The van der Waals surface area contributed by atoms with Crippen LogP contribution in [0.5, 0.6) is 23.0 Å². The highest BCUT2D eigenvalue weighted by Gasteiger charge is 2.55. The van der Waals surface area contributed by atoms with Gasteiger partial charge in [0.05, 0.1) is 20.3 Å². The molecule has 1 saturated carbocycles. The Labute approximate surface area is 318 Å². The number of hydrogen-bond acceptors (Lipinski definition) is 6. The summed E-state index contributed by atoms with van der Waals surface area (Å²) >= 11 is 0. The van der Waals surface area contributed by atoms with Crippen LogP contribution in [0.1, 0.15) is 80.3 Å². The summed E-state index contributed by atoms with van der Waals surface area (Å²) in [6.07, 6.45) is 7.48. The number of rotatable bonds is 4. The lowest BCUT2D eigenvalue weighted by Crippen LogP contribution is -2.47. The number of hydrogen-bond donors (Lipinski definition) is 0. The molecule has 0 aromatic heterocycles. The maximum atomic E-state index is 7.73. The molecule has 0 bridgehead atoms. The van der Waals surface area contributed by atoms with Gasteiger partial charge >= 0.3 is 6.41 Å². The normalized spacial score (nSPS) is 24.1. The van der Waals surface area contributed by atoms with Crippen molar-refractivity contribution >= 4 is 16.8 Å². The summed E-state index contributed by atoms with van der Waals surface area (Å²) in [6.45, 7) is 14.8. The third-order valence-corrected chi connectivity index (χ3v) is 12.6. The molecular formula is C48H49NO5. The SMILES string of the molecule is COc1ccc(C2(c3ccc(C)cc3)C=Cc3c4c(c5cc6c(cc5c3O2)OC(N2CCOCC2)O6)-c2ccccc2C42CC(C)(C)CC(C)(C)C2)cc1. The van der Waals surface area contributed by atoms with Crippen LogP contribution in [-0.4, -0.2) is 44.7 Å². The van der Waals surface area contributed by atoms with Crippen LogP contribution in [0.2, 0.25) is 0 Å². The van der Waals surface area contributed by atoms with Gasteiger partial charge in [0.15, 0.2) is 17.1 Å². The number of nitrogens with zero attached hydrogens (tertiary/aromatic N) is 1. The van der Waals surface area contributed by atoms with Gasteiger partial charge < -0.3 is 23.7 Å².